The molecule has 102 valence electrons. The van der Waals surface area contributed by atoms with Gasteiger partial charge in [-0.05, 0) is 5.56 Å². The molecule has 0 aliphatic carbocycles. The highest BCUT2D eigenvalue weighted by molar-refractivity contribution is 5.78. The van der Waals surface area contributed by atoms with Crippen molar-refractivity contribution in [1.82, 2.24) is 15.1 Å². The summed E-state index contributed by atoms with van der Waals surface area (Å²) in [6.45, 7) is 3.56. The van der Waals surface area contributed by atoms with Gasteiger partial charge in [0.25, 0.3) is 0 Å². The van der Waals surface area contributed by atoms with E-state index in [1.54, 1.807) is 9.80 Å². The zero-order valence-electron chi connectivity index (χ0n) is 10.9. The summed E-state index contributed by atoms with van der Waals surface area (Å²) in [5.74, 6) is 0.0986. The van der Waals surface area contributed by atoms with Crippen LogP contribution in [0.1, 0.15) is 5.56 Å². The van der Waals surface area contributed by atoms with Crippen LogP contribution in [0.25, 0.3) is 0 Å². The lowest BCUT2D eigenvalue weighted by Crippen LogP contribution is -2.50. The van der Waals surface area contributed by atoms with Crippen LogP contribution in [0.15, 0.2) is 30.3 Å². The lowest BCUT2D eigenvalue weighted by Gasteiger charge is -2.32. The first-order valence-electron chi connectivity index (χ1n) is 6.51. The fourth-order valence-electron chi connectivity index (χ4n) is 2.10. The van der Waals surface area contributed by atoms with Gasteiger partial charge in [-0.25, -0.2) is 0 Å². The fourth-order valence-corrected chi connectivity index (χ4v) is 2.10. The lowest BCUT2D eigenvalue weighted by molar-refractivity contribution is -0.134. The molecule has 0 saturated carbocycles. The number of benzene rings is 1. The topological polar surface area (TPSA) is 52.7 Å². The lowest BCUT2D eigenvalue weighted by atomic mass is 10.2. The van der Waals surface area contributed by atoms with E-state index in [1.165, 1.54) is 5.56 Å². The summed E-state index contributed by atoms with van der Waals surface area (Å²) < 4.78 is 0. The number of amides is 2. The molecular weight excluding hydrogens is 242 g/mol. The van der Waals surface area contributed by atoms with Crippen LogP contribution >= 0.6 is 0 Å². The summed E-state index contributed by atoms with van der Waals surface area (Å²) in [4.78, 5) is 26.0. The highest BCUT2D eigenvalue weighted by Gasteiger charge is 2.19. The van der Waals surface area contributed by atoms with Crippen molar-refractivity contribution >= 4 is 12.3 Å². The molecule has 0 spiro atoms. The normalized spacial score (nSPS) is 15.4. The van der Waals surface area contributed by atoms with Crippen LogP contribution in [0.5, 0.6) is 0 Å². The molecule has 1 heterocycles. The van der Waals surface area contributed by atoms with Crippen molar-refractivity contribution in [3.8, 4) is 0 Å². The number of rotatable bonds is 5. The Morgan fingerprint density at radius 2 is 1.84 bits per heavy atom. The highest BCUT2D eigenvalue weighted by Crippen LogP contribution is 2.00. The van der Waals surface area contributed by atoms with Gasteiger partial charge in [-0.1, -0.05) is 30.3 Å². The summed E-state index contributed by atoms with van der Waals surface area (Å²) in [7, 11) is 0. The minimum atomic E-state index is 0.0986. The molecule has 5 heteroatoms. The van der Waals surface area contributed by atoms with Crippen molar-refractivity contribution in [1.29, 1.82) is 0 Å². The van der Waals surface area contributed by atoms with Crippen LogP contribution in [-0.2, 0) is 16.1 Å². The maximum absolute atomic E-state index is 11.9. The van der Waals surface area contributed by atoms with E-state index in [9.17, 15) is 9.59 Å². The Labute approximate surface area is 113 Å². The van der Waals surface area contributed by atoms with E-state index in [0.29, 0.717) is 39.3 Å². The predicted molar refractivity (Wildman–Crippen MR) is 72.4 cm³/mol. The first-order chi connectivity index (χ1) is 9.29. The third-order valence-corrected chi connectivity index (χ3v) is 3.26. The van der Waals surface area contributed by atoms with Gasteiger partial charge in [0.05, 0.1) is 6.54 Å². The number of hydrogen-bond acceptors (Lipinski definition) is 3. The van der Waals surface area contributed by atoms with Gasteiger partial charge < -0.3 is 15.1 Å². The van der Waals surface area contributed by atoms with Crippen molar-refractivity contribution in [2.45, 2.75) is 6.54 Å². The van der Waals surface area contributed by atoms with E-state index in [-0.39, 0.29) is 5.91 Å². The molecule has 1 saturated heterocycles. The summed E-state index contributed by atoms with van der Waals surface area (Å²) in [6.07, 6.45) is 0.843. The SMILES string of the molecule is O=CN1CCN(C(=O)CNCc2ccccc2)CC1. The standard InChI is InChI=1S/C14H19N3O2/c18-12-16-6-8-17(9-7-16)14(19)11-15-10-13-4-2-1-3-5-13/h1-5,12,15H,6-11H2. The molecule has 1 fully saturated rings. The fraction of sp³-hybridized carbons (Fsp3) is 0.429. The van der Waals surface area contributed by atoms with Gasteiger partial charge in [0, 0.05) is 32.7 Å². The van der Waals surface area contributed by atoms with E-state index in [4.69, 9.17) is 0 Å². The van der Waals surface area contributed by atoms with Crippen LogP contribution in [0.2, 0.25) is 0 Å². The number of nitrogens with zero attached hydrogens (tertiary/aromatic N) is 2. The van der Waals surface area contributed by atoms with Crippen LogP contribution in [0.3, 0.4) is 0 Å². The Balaban J connectivity index is 1.69. The van der Waals surface area contributed by atoms with Gasteiger partial charge in [0.15, 0.2) is 0 Å². The maximum Gasteiger partial charge on any atom is 0.236 e. The first-order valence-corrected chi connectivity index (χ1v) is 6.51. The number of carbonyl (C=O) groups excluding carboxylic acids is 2. The zero-order valence-corrected chi connectivity index (χ0v) is 10.9. The van der Waals surface area contributed by atoms with E-state index < -0.39 is 0 Å². The van der Waals surface area contributed by atoms with Crippen molar-refractivity contribution in [3.05, 3.63) is 35.9 Å². The van der Waals surface area contributed by atoms with Gasteiger partial charge in [0.2, 0.25) is 12.3 Å². The van der Waals surface area contributed by atoms with Crippen LogP contribution < -0.4 is 5.32 Å². The predicted octanol–water partition coefficient (Wildman–Crippen LogP) is 0.0768. The van der Waals surface area contributed by atoms with Crippen LogP contribution in [-0.4, -0.2) is 54.8 Å². The van der Waals surface area contributed by atoms with Crippen molar-refractivity contribution in [2.75, 3.05) is 32.7 Å². The molecule has 0 radical (unpaired) electrons. The highest BCUT2D eigenvalue weighted by atomic mass is 16.2. The molecule has 1 aliphatic heterocycles. The quantitative estimate of drug-likeness (QED) is 0.764. The Kier molecular flexibility index (Phi) is 4.92. The summed E-state index contributed by atoms with van der Waals surface area (Å²) in [5.41, 5.74) is 1.17. The molecule has 1 aliphatic rings. The molecule has 0 unspecified atom stereocenters. The van der Waals surface area contributed by atoms with Crippen LogP contribution in [0.4, 0.5) is 0 Å². The Morgan fingerprint density at radius 3 is 2.47 bits per heavy atom. The number of nitrogens with one attached hydrogen (secondary N) is 1. The molecule has 0 bridgehead atoms. The Hall–Kier alpha value is -1.88. The molecule has 5 nitrogen and oxygen atoms in total. The third kappa shape index (κ3) is 4.06. The largest absolute Gasteiger partial charge is 0.342 e. The van der Waals surface area contributed by atoms with E-state index in [0.717, 1.165) is 6.41 Å². The first kappa shape index (κ1) is 13.5. The second-order valence-electron chi connectivity index (χ2n) is 4.61. The smallest absolute Gasteiger partial charge is 0.236 e. The summed E-state index contributed by atoms with van der Waals surface area (Å²) in [5, 5.41) is 3.15. The number of carbonyl (C=O) groups is 2. The maximum atomic E-state index is 11.9. The van der Waals surface area contributed by atoms with Gasteiger partial charge in [-0.3, -0.25) is 9.59 Å². The minimum absolute atomic E-state index is 0.0986. The molecule has 0 atom stereocenters. The van der Waals surface area contributed by atoms with Crippen molar-refractivity contribution in [3.63, 3.8) is 0 Å². The second kappa shape index (κ2) is 6.89. The number of piperazine rings is 1. The molecule has 0 aromatic heterocycles. The van der Waals surface area contributed by atoms with E-state index in [1.807, 2.05) is 30.3 Å². The minimum Gasteiger partial charge on any atom is -0.342 e. The van der Waals surface area contributed by atoms with Crippen molar-refractivity contribution < 1.29 is 9.59 Å². The molecule has 2 amide bonds. The van der Waals surface area contributed by atoms with Gasteiger partial charge in [-0.2, -0.15) is 0 Å². The molecule has 1 N–H and O–H groups in total. The Morgan fingerprint density at radius 1 is 1.16 bits per heavy atom. The second-order valence-corrected chi connectivity index (χ2v) is 4.61. The van der Waals surface area contributed by atoms with E-state index >= 15 is 0 Å². The molecule has 2 rings (SSSR count). The van der Waals surface area contributed by atoms with Gasteiger partial charge in [0.1, 0.15) is 0 Å². The van der Waals surface area contributed by atoms with Crippen LogP contribution in [0, 0.1) is 0 Å². The average Bonchev–Trinajstić information content (AvgIpc) is 2.48. The van der Waals surface area contributed by atoms with Gasteiger partial charge in [-0.15, -0.1) is 0 Å². The molecule has 1 aromatic carbocycles. The summed E-state index contributed by atoms with van der Waals surface area (Å²) in [6, 6.07) is 10.00. The average molecular weight is 261 g/mol. The van der Waals surface area contributed by atoms with Gasteiger partial charge >= 0.3 is 0 Å². The summed E-state index contributed by atoms with van der Waals surface area (Å²) >= 11 is 0. The monoisotopic (exact) mass is 261 g/mol. The van der Waals surface area contributed by atoms with Crippen molar-refractivity contribution in [2.24, 2.45) is 0 Å². The molecular formula is C14H19N3O2. The zero-order chi connectivity index (χ0) is 13.5. The molecule has 19 heavy (non-hydrogen) atoms. The van der Waals surface area contributed by atoms with E-state index in [2.05, 4.69) is 5.32 Å². The number of hydrogen-bond donors (Lipinski definition) is 1. The molecule has 1 aromatic rings. The third-order valence-electron chi connectivity index (χ3n) is 3.26. The Bertz CT molecular complexity index is 414.